The highest BCUT2D eigenvalue weighted by atomic mass is 79.9. The van der Waals surface area contributed by atoms with E-state index in [4.69, 9.17) is 0 Å². The highest BCUT2D eigenvalue weighted by Gasteiger charge is 2.22. The fourth-order valence-electron chi connectivity index (χ4n) is 1.77. The average molecular weight is 292 g/mol. The van der Waals surface area contributed by atoms with Gasteiger partial charge in [0.2, 0.25) is 5.95 Å². The Morgan fingerprint density at radius 3 is 2.76 bits per heavy atom. The molecule has 0 spiro atoms. The van der Waals surface area contributed by atoms with E-state index < -0.39 is 0 Å². The minimum Gasteiger partial charge on any atom is -0.353 e. The van der Waals surface area contributed by atoms with E-state index in [9.17, 15) is 0 Å². The summed E-state index contributed by atoms with van der Waals surface area (Å²) in [7, 11) is 0. The minimum atomic E-state index is 0.640. The standard InChI is InChI=1S/C13H14BrN3/c14-11-3-1-10(2-4-11)9-17-8-7-15-13(17)16-12-5-6-12/h1-4,7-8,12H,5-6,9H2,(H,15,16). The SMILES string of the molecule is Brc1ccc(Cn2ccnc2NC2CC2)cc1. The molecule has 0 unspecified atom stereocenters. The first-order valence-corrected chi connectivity index (χ1v) is 6.63. The van der Waals surface area contributed by atoms with Gasteiger partial charge in [0, 0.05) is 22.9 Å². The zero-order valence-corrected chi connectivity index (χ0v) is 11.0. The van der Waals surface area contributed by atoms with Crippen LogP contribution in [0.25, 0.3) is 0 Å². The van der Waals surface area contributed by atoms with Crippen molar-refractivity contribution < 1.29 is 0 Å². The Hall–Kier alpha value is -1.29. The van der Waals surface area contributed by atoms with E-state index in [1.165, 1.54) is 18.4 Å². The summed E-state index contributed by atoms with van der Waals surface area (Å²) in [5.41, 5.74) is 1.28. The topological polar surface area (TPSA) is 29.9 Å². The molecule has 1 fully saturated rings. The minimum absolute atomic E-state index is 0.640. The number of rotatable bonds is 4. The van der Waals surface area contributed by atoms with Gasteiger partial charge in [-0.1, -0.05) is 28.1 Å². The van der Waals surface area contributed by atoms with Crippen molar-refractivity contribution in [1.29, 1.82) is 0 Å². The Bertz CT molecular complexity index is 500. The van der Waals surface area contributed by atoms with Crippen LogP contribution in [-0.4, -0.2) is 15.6 Å². The molecule has 1 aromatic heterocycles. The van der Waals surface area contributed by atoms with Crippen molar-refractivity contribution in [2.45, 2.75) is 25.4 Å². The molecule has 0 atom stereocenters. The lowest BCUT2D eigenvalue weighted by Crippen LogP contribution is -2.09. The van der Waals surface area contributed by atoms with Gasteiger partial charge in [-0.15, -0.1) is 0 Å². The Kier molecular flexibility index (Phi) is 2.89. The van der Waals surface area contributed by atoms with E-state index in [1.807, 2.05) is 12.4 Å². The average Bonchev–Trinajstić information content (AvgIpc) is 3.03. The highest BCUT2D eigenvalue weighted by Crippen LogP contribution is 2.24. The molecule has 4 heteroatoms. The predicted octanol–water partition coefficient (Wildman–Crippen LogP) is 3.27. The van der Waals surface area contributed by atoms with Crippen LogP contribution in [0.5, 0.6) is 0 Å². The Balaban J connectivity index is 1.75. The highest BCUT2D eigenvalue weighted by molar-refractivity contribution is 9.10. The number of imidazole rings is 1. The zero-order valence-electron chi connectivity index (χ0n) is 9.44. The molecule has 0 radical (unpaired) electrons. The third-order valence-electron chi connectivity index (χ3n) is 2.89. The summed E-state index contributed by atoms with van der Waals surface area (Å²) in [6, 6.07) is 9.04. The van der Waals surface area contributed by atoms with Gasteiger partial charge in [-0.25, -0.2) is 4.98 Å². The molecule has 0 saturated heterocycles. The Morgan fingerprint density at radius 2 is 2.06 bits per heavy atom. The van der Waals surface area contributed by atoms with Crippen LogP contribution < -0.4 is 5.32 Å². The van der Waals surface area contributed by atoms with Gasteiger partial charge >= 0.3 is 0 Å². The summed E-state index contributed by atoms with van der Waals surface area (Å²) < 4.78 is 3.27. The number of nitrogens with zero attached hydrogens (tertiary/aromatic N) is 2. The first-order chi connectivity index (χ1) is 8.31. The monoisotopic (exact) mass is 291 g/mol. The van der Waals surface area contributed by atoms with Crippen molar-refractivity contribution in [3.8, 4) is 0 Å². The zero-order chi connectivity index (χ0) is 11.7. The molecule has 88 valence electrons. The number of benzene rings is 1. The second kappa shape index (κ2) is 4.53. The predicted molar refractivity (Wildman–Crippen MR) is 72.1 cm³/mol. The van der Waals surface area contributed by atoms with E-state index >= 15 is 0 Å². The molecule has 1 saturated carbocycles. The van der Waals surface area contributed by atoms with Gasteiger partial charge in [0.05, 0.1) is 6.54 Å². The number of anilines is 1. The molecule has 3 rings (SSSR count). The molecule has 1 aromatic carbocycles. The molecule has 17 heavy (non-hydrogen) atoms. The summed E-state index contributed by atoms with van der Waals surface area (Å²) in [5, 5.41) is 3.44. The van der Waals surface area contributed by atoms with Gasteiger partial charge < -0.3 is 9.88 Å². The first-order valence-electron chi connectivity index (χ1n) is 5.83. The van der Waals surface area contributed by atoms with E-state index in [1.54, 1.807) is 0 Å². The maximum Gasteiger partial charge on any atom is 0.203 e. The molecule has 2 aromatic rings. The van der Waals surface area contributed by atoms with Crippen molar-refractivity contribution in [2.24, 2.45) is 0 Å². The molecule has 0 bridgehead atoms. The molecule has 1 N–H and O–H groups in total. The summed E-state index contributed by atoms with van der Waals surface area (Å²) >= 11 is 3.45. The number of hydrogen-bond acceptors (Lipinski definition) is 2. The molecule has 0 amide bonds. The molecule has 3 nitrogen and oxygen atoms in total. The Morgan fingerprint density at radius 1 is 1.29 bits per heavy atom. The van der Waals surface area contributed by atoms with E-state index in [-0.39, 0.29) is 0 Å². The lowest BCUT2D eigenvalue weighted by molar-refractivity contribution is 0.796. The summed E-state index contributed by atoms with van der Waals surface area (Å²) in [5.74, 6) is 0.982. The van der Waals surface area contributed by atoms with Crippen molar-refractivity contribution in [3.05, 3.63) is 46.7 Å². The van der Waals surface area contributed by atoms with Gasteiger partial charge in [-0.3, -0.25) is 0 Å². The van der Waals surface area contributed by atoms with Gasteiger partial charge in [-0.2, -0.15) is 0 Å². The van der Waals surface area contributed by atoms with Gasteiger partial charge in [0.25, 0.3) is 0 Å². The smallest absolute Gasteiger partial charge is 0.203 e. The first kappa shape index (κ1) is 10.8. The van der Waals surface area contributed by atoms with Crippen LogP contribution in [0.15, 0.2) is 41.1 Å². The third-order valence-corrected chi connectivity index (χ3v) is 3.42. The largest absolute Gasteiger partial charge is 0.353 e. The van der Waals surface area contributed by atoms with E-state index in [0.29, 0.717) is 6.04 Å². The maximum absolute atomic E-state index is 4.35. The molecular weight excluding hydrogens is 278 g/mol. The summed E-state index contributed by atoms with van der Waals surface area (Å²) in [6.45, 7) is 0.863. The van der Waals surface area contributed by atoms with Crippen LogP contribution in [0.2, 0.25) is 0 Å². The summed E-state index contributed by atoms with van der Waals surface area (Å²) in [6.07, 6.45) is 6.41. The lowest BCUT2D eigenvalue weighted by Gasteiger charge is -2.09. The van der Waals surface area contributed by atoms with Crippen LogP contribution in [0, 0.1) is 0 Å². The van der Waals surface area contributed by atoms with Crippen molar-refractivity contribution in [3.63, 3.8) is 0 Å². The second-order valence-electron chi connectivity index (χ2n) is 4.42. The lowest BCUT2D eigenvalue weighted by atomic mass is 10.2. The van der Waals surface area contributed by atoms with Crippen LogP contribution in [0.4, 0.5) is 5.95 Å². The Labute approximate surface area is 109 Å². The number of aromatic nitrogens is 2. The quantitative estimate of drug-likeness (QED) is 0.937. The van der Waals surface area contributed by atoms with Gasteiger partial charge in [-0.05, 0) is 30.5 Å². The van der Waals surface area contributed by atoms with Crippen LogP contribution >= 0.6 is 15.9 Å². The maximum atomic E-state index is 4.35. The van der Waals surface area contributed by atoms with Gasteiger partial charge in [0.1, 0.15) is 0 Å². The molecule has 1 aliphatic carbocycles. The fraction of sp³-hybridized carbons (Fsp3) is 0.308. The molecular formula is C13H14BrN3. The van der Waals surface area contributed by atoms with Crippen molar-refractivity contribution >= 4 is 21.9 Å². The van der Waals surface area contributed by atoms with Crippen LogP contribution in [0.3, 0.4) is 0 Å². The molecule has 1 aliphatic rings. The van der Waals surface area contributed by atoms with E-state index in [0.717, 1.165) is 17.0 Å². The van der Waals surface area contributed by atoms with Crippen molar-refractivity contribution in [2.75, 3.05) is 5.32 Å². The van der Waals surface area contributed by atoms with Crippen LogP contribution in [-0.2, 0) is 6.54 Å². The number of hydrogen-bond donors (Lipinski definition) is 1. The van der Waals surface area contributed by atoms with Crippen molar-refractivity contribution in [1.82, 2.24) is 9.55 Å². The molecule has 1 heterocycles. The third kappa shape index (κ3) is 2.69. The number of nitrogens with one attached hydrogen (secondary N) is 1. The number of halogens is 1. The van der Waals surface area contributed by atoms with E-state index in [2.05, 4.69) is 55.1 Å². The van der Waals surface area contributed by atoms with Gasteiger partial charge in [0.15, 0.2) is 0 Å². The summed E-state index contributed by atoms with van der Waals surface area (Å²) in [4.78, 5) is 4.35. The molecule has 0 aliphatic heterocycles. The fourth-order valence-corrected chi connectivity index (χ4v) is 2.04. The normalized spacial score (nSPS) is 14.9. The van der Waals surface area contributed by atoms with Crippen LogP contribution in [0.1, 0.15) is 18.4 Å². The second-order valence-corrected chi connectivity index (χ2v) is 5.34.